The Bertz CT molecular complexity index is 568. The lowest BCUT2D eigenvalue weighted by Gasteiger charge is -2.43. The zero-order valence-corrected chi connectivity index (χ0v) is 15.9. The van der Waals surface area contributed by atoms with Crippen LogP contribution in [0.2, 0.25) is 0 Å². The van der Waals surface area contributed by atoms with E-state index in [0.717, 1.165) is 32.6 Å². The molecule has 8 heteroatoms. The van der Waals surface area contributed by atoms with Crippen LogP contribution in [0, 0.1) is 5.92 Å². The van der Waals surface area contributed by atoms with Gasteiger partial charge < -0.3 is 14.7 Å². The SMILES string of the molecule is O=C(C1CN(C(=O)N2CCCN(C3CCC3)CC2)C1)N1CCC(F)(F)CC1. The maximum Gasteiger partial charge on any atom is 0.320 e. The normalized spacial score (nSPS) is 27.7. The number of rotatable bonds is 2. The van der Waals surface area contributed by atoms with Crippen molar-refractivity contribution in [3.05, 3.63) is 0 Å². The van der Waals surface area contributed by atoms with Crippen LogP contribution in [0.1, 0.15) is 38.5 Å². The molecule has 3 saturated heterocycles. The fourth-order valence-corrected chi connectivity index (χ4v) is 4.55. The molecule has 0 aromatic heterocycles. The predicted molar refractivity (Wildman–Crippen MR) is 96.6 cm³/mol. The Morgan fingerprint density at radius 1 is 0.778 bits per heavy atom. The van der Waals surface area contributed by atoms with Crippen LogP contribution in [0.15, 0.2) is 0 Å². The van der Waals surface area contributed by atoms with Gasteiger partial charge in [-0.05, 0) is 19.3 Å². The summed E-state index contributed by atoms with van der Waals surface area (Å²) in [6.07, 6.45) is 4.39. The van der Waals surface area contributed by atoms with Crippen molar-refractivity contribution >= 4 is 11.9 Å². The number of urea groups is 1. The Morgan fingerprint density at radius 3 is 2.11 bits per heavy atom. The zero-order chi connectivity index (χ0) is 19.0. The molecule has 0 aromatic rings. The first kappa shape index (κ1) is 18.9. The third-order valence-electron chi connectivity index (χ3n) is 6.70. The number of halogens is 2. The lowest BCUT2D eigenvalue weighted by molar-refractivity contribution is -0.145. The number of piperidine rings is 1. The number of likely N-dealkylation sites (tertiary alicyclic amines) is 2. The minimum Gasteiger partial charge on any atom is -0.342 e. The Hall–Kier alpha value is -1.44. The summed E-state index contributed by atoms with van der Waals surface area (Å²) in [5.74, 6) is -2.93. The lowest BCUT2D eigenvalue weighted by atomic mass is 9.91. The summed E-state index contributed by atoms with van der Waals surface area (Å²) in [5.41, 5.74) is 0. The van der Waals surface area contributed by atoms with Crippen molar-refractivity contribution in [2.75, 3.05) is 52.4 Å². The Kier molecular flexibility index (Phi) is 5.27. The van der Waals surface area contributed by atoms with Gasteiger partial charge in [0.15, 0.2) is 0 Å². The highest BCUT2D eigenvalue weighted by molar-refractivity contribution is 5.84. The minimum absolute atomic E-state index is 0.0275. The maximum absolute atomic E-state index is 13.2. The van der Waals surface area contributed by atoms with Crippen LogP contribution in [0.3, 0.4) is 0 Å². The predicted octanol–water partition coefficient (Wildman–Crippen LogP) is 1.86. The largest absolute Gasteiger partial charge is 0.342 e. The van der Waals surface area contributed by atoms with Crippen LogP contribution < -0.4 is 0 Å². The van der Waals surface area contributed by atoms with E-state index in [1.807, 2.05) is 4.90 Å². The van der Waals surface area contributed by atoms with Crippen molar-refractivity contribution in [3.63, 3.8) is 0 Å². The Labute approximate surface area is 159 Å². The van der Waals surface area contributed by atoms with E-state index in [0.29, 0.717) is 19.1 Å². The van der Waals surface area contributed by atoms with E-state index < -0.39 is 5.92 Å². The maximum atomic E-state index is 13.2. The van der Waals surface area contributed by atoms with Crippen molar-refractivity contribution in [2.45, 2.75) is 50.5 Å². The van der Waals surface area contributed by atoms with Crippen LogP contribution in [0.5, 0.6) is 0 Å². The van der Waals surface area contributed by atoms with Gasteiger partial charge in [0.05, 0.1) is 5.92 Å². The molecule has 4 aliphatic rings. The van der Waals surface area contributed by atoms with E-state index in [4.69, 9.17) is 0 Å². The van der Waals surface area contributed by atoms with Crippen LogP contribution >= 0.6 is 0 Å². The van der Waals surface area contributed by atoms with Crippen molar-refractivity contribution < 1.29 is 18.4 Å². The van der Waals surface area contributed by atoms with Crippen molar-refractivity contribution in [2.24, 2.45) is 5.92 Å². The van der Waals surface area contributed by atoms with E-state index >= 15 is 0 Å². The van der Waals surface area contributed by atoms with Crippen molar-refractivity contribution in [1.82, 2.24) is 19.6 Å². The van der Waals surface area contributed by atoms with Gasteiger partial charge in [-0.1, -0.05) is 6.42 Å². The highest BCUT2D eigenvalue weighted by Crippen LogP contribution is 2.30. The second kappa shape index (κ2) is 7.53. The first-order valence-electron chi connectivity index (χ1n) is 10.4. The summed E-state index contributed by atoms with van der Waals surface area (Å²) in [4.78, 5) is 32.9. The standard InChI is InChI=1S/C19H30F2N4O2/c20-19(21)5-9-23(10-6-19)17(26)15-13-25(14-15)18(27)24-8-2-7-22(11-12-24)16-3-1-4-16/h15-16H,1-14H2. The fourth-order valence-electron chi connectivity index (χ4n) is 4.55. The second-order valence-electron chi connectivity index (χ2n) is 8.53. The molecular formula is C19H30F2N4O2. The van der Waals surface area contributed by atoms with Gasteiger partial charge in [0.1, 0.15) is 0 Å². The number of alkyl halides is 2. The molecule has 0 atom stereocenters. The van der Waals surface area contributed by atoms with Crippen molar-refractivity contribution in [3.8, 4) is 0 Å². The van der Waals surface area contributed by atoms with Crippen LogP contribution in [-0.2, 0) is 4.79 Å². The number of amides is 3. The second-order valence-corrected chi connectivity index (χ2v) is 8.53. The van der Waals surface area contributed by atoms with E-state index in [1.165, 1.54) is 19.3 Å². The van der Waals surface area contributed by atoms with E-state index in [-0.39, 0.29) is 43.8 Å². The fraction of sp³-hybridized carbons (Fsp3) is 0.895. The summed E-state index contributed by atoms with van der Waals surface area (Å²) in [6.45, 7) is 4.63. The van der Waals surface area contributed by atoms with E-state index in [9.17, 15) is 18.4 Å². The average molecular weight is 384 g/mol. The summed E-state index contributed by atoms with van der Waals surface area (Å²) in [6, 6.07) is 0.739. The Balaban J connectivity index is 1.22. The smallest absolute Gasteiger partial charge is 0.320 e. The van der Waals surface area contributed by atoms with Gasteiger partial charge in [0.25, 0.3) is 5.92 Å². The quantitative estimate of drug-likeness (QED) is 0.730. The van der Waals surface area contributed by atoms with Crippen LogP contribution in [0.4, 0.5) is 13.6 Å². The van der Waals surface area contributed by atoms with Crippen LogP contribution in [0.25, 0.3) is 0 Å². The van der Waals surface area contributed by atoms with Gasteiger partial charge >= 0.3 is 6.03 Å². The molecule has 0 bridgehead atoms. The van der Waals surface area contributed by atoms with Gasteiger partial charge in [-0.15, -0.1) is 0 Å². The van der Waals surface area contributed by atoms with Gasteiger partial charge in [-0.3, -0.25) is 9.69 Å². The highest BCUT2D eigenvalue weighted by Gasteiger charge is 2.42. The summed E-state index contributed by atoms with van der Waals surface area (Å²) < 4.78 is 26.5. The molecule has 0 spiro atoms. The monoisotopic (exact) mass is 384 g/mol. The topological polar surface area (TPSA) is 47.1 Å². The molecule has 3 amide bonds. The highest BCUT2D eigenvalue weighted by atomic mass is 19.3. The number of hydrogen-bond donors (Lipinski definition) is 0. The molecule has 27 heavy (non-hydrogen) atoms. The molecule has 1 aliphatic carbocycles. The lowest BCUT2D eigenvalue weighted by Crippen LogP contribution is -2.60. The molecule has 152 valence electrons. The third-order valence-corrected chi connectivity index (χ3v) is 6.70. The van der Waals surface area contributed by atoms with Crippen molar-refractivity contribution in [1.29, 1.82) is 0 Å². The Morgan fingerprint density at radius 2 is 1.48 bits per heavy atom. The molecule has 0 unspecified atom stereocenters. The molecular weight excluding hydrogens is 354 g/mol. The number of hydrogen-bond acceptors (Lipinski definition) is 3. The van der Waals surface area contributed by atoms with Gasteiger partial charge in [0, 0.05) is 71.2 Å². The number of carbonyl (C=O) groups is 2. The number of carbonyl (C=O) groups excluding carboxylic acids is 2. The average Bonchev–Trinajstić information content (AvgIpc) is 2.77. The van der Waals surface area contributed by atoms with Gasteiger partial charge in [-0.2, -0.15) is 0 Å². The minimum atomic E-state index is -2.64. The summed E-state index contributed by atoms with van der Waals surface area (Å²) in [7, 11) is 0. The molecule has 3 aliphatic heterocycles. The van der Waals surface area contributed by atoms with E-state index in [1.54, 1.807) is 9.80 Å². The molecule has 1 saturated carbocycles. The molecule has 3 heterocycles. The zero-order valence-electron chi connectivity index (χ0n) is 15.9. The first-order valence-corrected chi connectivity index (χ1v) is 10.4. The molecule has 4 fully saturated rings. The molecule has 6 nitrogen and oxygen atoms in total. The summed E-state index contributed by atoms with van der Waals surface area (Å²) in [5, 5.41) is 0. The molecule has 0 N–H and O–H groups in total. The van der Waals surface area contributed by atoms with Gasteiger partial charge in [0.2, 0.25) is 5.91 Å². The molecule has 0 radical (unpaired) electrons. The first-order chi connectivity index (χ1) is 12.9. The van der Waals surface area contributed by atoms with Gasteiger partial charge in [-0.25, -0.2) is 13.6 Å². The summed E-state index contributed by atoms with van der Waals surface area (Å²) >= 11 is 0. The van der Waals surface area contributed by atoms with E-state index in [2.05, 4.69) is 4.90 Å². The number of nitrogens with zero attached hydrogens (tertiary/aromatic N) is 4. The third kappa shape index (κ3) is 4.05. The van der Waals surface area contributed by atoms with Crippen LogP contribution in [-0.4, -0.2) is 95.9 Å². The molecule has 0 aromatic carbocycles. The molecule has 4 rings (SSSR count).